The van der Waals surface area contributed by atoms with Crippen LogP contribution in [0.15, 0.2) is 0 Å². The van der Waals surface area contributed by atoms with Crippen LogP contribution in [0, 0.1) is 5.41 Å². The minimum Gasteiger partial charge on any atom is -0.370 e. The Morgan fingerprint density at radius 3 is 0.655 bits per heavy atom. The summed E-state index contributed by atoms with van der Waals surface area (Å²) in [6.45, 7) is -15.0. The summed E-state index contributed by atoms with van der Waals surface area (Å²) in [7, 11) is 0. The van der Waals surface area contributed by atoms with E-state index in [4.69, 9.17) is 5.41 Å². The Balaban J connectivity index is 0. The van der Waals surface area contributed by atoms with Crippen LogP contribution in [-0.2, 0) is 0 Å². The maximum absolute atomic E-state index is 15.0. The van der Waals surface area contributed by atoms with Crippen molar-refractivity contribution in [2.45, 2.75) is 35.5 Å². The minimum absolute atomic E-state index is 0.333. The molecule has 0 amide bonds. The van der Waals surface area contributed by atoms with E-state index in [1.807, 2.05) is 0 Å². The zero-order valence-electron chi connectivity index (χ0n) is 12.4. The molecule has 0 aliphatic carbocycles. The van der Waals surface area contributed by atoms with Crippen molar-refractivity contribution < 1.29 is 78.4 Å². The molecule has 0 saturated carbocycles. The van der Waals surface area contributed by atoms with E-state index >= 15 is 0 Å². The molecule has 180 valence electrons. The molecule has 0 aliphatic rings. The summed E-state index contributed by atoms with van der Waals surface area (Å²) in [5, 5.41) is 6.06. The topological polar surface area (TPSA) is 75.9 Å². The Hall–Kier alpha value is -1.56. The van der Waals surface area contributed by atoms with Crippen molar-refractivity contribution in [1.82, 2.24) is 0 Å². The molecule has 29 heavy (non-hydrogen) atoms. The summed E-state index contributed by atoms with van der Waals surface area (Å²) in [6.07, 6.45) is -26.1. The van der Waals surface area contributed by atoms with Gasteiger partial charge >= 0.3 is 121 Å². The van der Waals surface area contributed by atoms with Crippen LogP contribution in [0.3, 0.4) is 0 Å². The van der Waals surface area contributed by atoms with Crippen LogP contribution in [0.25, 0.3) is 0 Å². The fourth-order valence-electron chi connectivity index (χ4n) is 1.34. The van der Waals surface area contributed by atoms with Gasteiger partial charge in [0.05, 0.1) is 0 Å². The van der Waals surface area contributed by atoms with Crippen LogP contribution in [0.5, 0.6) is 0 Å². The van der Waals surface area contributed by atoms with E-state index in [2.05, 4.69) is 11.5 Å². The fourth-order valence-corrected chi connectivity index (χ4v) is 4.02. The quantitative estimate of drug-likeness (QED) is 0.190. The molecular weight excluding hydrogens is 499 g/mol. The van der Waals surface area contributed by atoms with Crippen molar-refractivity contribution >= 4 is 12.8 Å². The van der Waals surface area contributed by atoms with Gasteiger partial charge in [0.25, 0.3) is 0 Å². The second-order valence-electron chi connectivity index (χ2n) is 4.86. The Kier molecular flexibility index (Phi) is 6.36. The summed E-state index contributed by atoms with van der Waals surface area (Å²) in [5.74, 6) is -0.333. The average Bonchev–Trinajstić information content (AvgIpc) is 2.32. The third kappa shape index (κ3) is 3.18. The zero-order valence-corrected chi connectivity index (χ0v) is 13.3. The average molecular weight is 504 g/mol. The first-order valence-corrected chi connectivity index (χ1v) is 7.95. The van der Waals surface area contributed by atoms with Crippen molar-refractivity contribution in [3.63, 3.8) is 0 Å². The standard InChI is InChI=1S/C6F18P.CH5N3/c7-1(8,9)4(16,17)25(22,23,24,5(18,19)2(10,11)12)6(20,21)3(13,14)15;2-1(3)4/h;(H5,2,3,4)/q-1;. The maximum Gasteiger partial charge on any atom is 0.183 e. The van der Waals surface area contributed by atoms with Gasteiger partial charge < -0.3 is 11.5 Å². The zero-order chi connectivity index (χ0) is 25.0. The molecule has 0 unspecified atom stereocenters. The van der Waals surface area contributed by atoms with Crippen molar-refractivity contribution in [2.75, 3.05) is 0 Å². The van der Waals surface area contributed by atoms with E-state index in [1.54, 1.807) is 0 Å². The van der Waals surface area contributed by atoms with Crippen LogP contribution in [0.1, 0.15) is 0 Å². The summed E-state index contributed by atoms with van der Waals surface area (Å²) in [6, 6.07) is 0. The molecule has 22 heteroatoms. The molecule has 0 aromatic rings. The molecule has 0 aromatic carbocycles. The molecule has 0 spiro atoms. The molecule has 0 aromatic heterocycles. The molecule has 0 atom stereocenters. The first kappa shape index (κ1) is 29.6. The summed E-state index contributed by atoms with van der Waals surface area (Å²) >= 11 is 0. The Morgan fingerprint density at radius 2 is 0.586 bits per heavy atom. The van der Waals surface area contributed by atoms with Gasteiger partial charge in [0.15, 0.2) is 5.96 Å². The molecule has 0 bridgehead atoms. The molecule has 0 saturated heterocycles. The molecule has 3 nitrogen and oxygen atoms in total. The molecular formula is C7H5F18N3P-. The van der Waals surface area contributed by atoms with Crippen LogP contribution >= 0.6 is 6.88 Å². The predicted octanol–water partition coefficient (Wildman–Crippen LogP) is 6.03. The first-order chi connectivity index (χ1) is 11.8. The van der Waals surface area contributed by atoms with E-state index in [-0.39, 0.29) is 5.96 Å². The van der Waals surface area contributed by atoms with E-state index < -0.39 is 42.4 Å². The molecule has 0 radical (unpaired) electrons. The van der Waals surface area contributed by atoms with Crippen LogP contribution in [0.2, 0.25) is 0 Å². The smallest absolute Gasteiger partial charge is 0.183 e. The number of rotatable bonds is 3. The van der Waals surface area contributed by atoms with Crippen molar-refractivity contribution in [3.8, 4) is 0 Å². The molecule has 5 N–H and O–H groups in total. The largest absolute Gasteiger partial charge is 0.370 e. The summed E-state index contributed by atoms with van der Waals surface area (Å²) in [4.78, 5) is 0. The van der Waals surface area contributed by atoms with Gasteiger partial charge in [-0.2, -0.15) is 0 Å². The van der Waals surface area contributed by atoms with Gasteiger partial charge in [-0.1, -0.05) is 0 Å². The van der Waals surface area contributed by atoms with E-state index in [0.29, 0.717) is 0 Å². The van der Waals surface area contributed by atoms with Crippen LogP contribution in [-0.4, -0.2) is 41.5 Å². The summed E-state index contributed by atoms with van der Waals surface area (Å²) < 4.78 is 222. The third-order valence-corrected chi connectivity index (χ3v) is 7.18. The number of alkyl halides is 15. The third-order valence-electron chi connectivity index (χ3n) is 2.82. The number of hydrogen-bond acceptors (Lipinski definition) is 1. The van der Waals surface area contributed by atoms with Gasteiger partial charge in [-0.3, -0.25) is 5.41 Å². The van der Waals surface area contributed by atoms with Crippen molar-refractivity contribution in [2.24, 2.45) is 11.5 Å². The molecule has 0 rings (SSSR count). The van der Waals surface area contributed by atoms with Gasteiger partial charge in [-0.05, 0) is 0 Å². The van der Waals surface area contributed by atoms with Gasteiger partial charge in [0.2, 0.25) is 0 Å². The first-order valence-electron chi connectivity index (χ1n) is 5.59. The van der Waals surface area contributed by atoms with Crippen LogP contribution < -0.4 is 11.5 Å². The van der Waals surface area contributed by atoms with E-state index in [1.165, 1.54) is 0 Å². The van der Waals surface area contributed by atoms with E-state index in [9.17, 15) is 78.4 Å². The van der Waals surface area contributed by atoms with Crippen molar-refractivity contribution in [3.05, 3.63) is 0 Å². The monoisotopic (exact) mass is 504 g/mol. The Labute approximate surface area is 145 Å². The van der Waals surface area contributed by atoms with Gasteiger partial charge in [-0.25, -0.2) is 0 Å². The molecule has 0 heterocycles. The van der Waals surface area contributed by atoms with Gasteiger partial charge in [0.1, 0.15) is 0 Å². The van der Waals surface area contributed by atoms with Gasteiger partial charge in [0, 0.05) is 0 Å². The Bertz CT molecular complexity index is 563. The molecule has 0 fully saturated rings. The van der Waals surface area contributed by atoms with E-state index in [0.717, 1.165) is 0 Å². The SMILES string of the molecule is FC(F)(F)C(F)(F)[P-](F)(F)(F)(C(F)(F)C(F)(F)F)C(F)(F)C(F)(F)F.N=C(N)N. The normalized spacial score (nSPS) is 17.6. The Morgan fingerprint density at radius 1 is 0.483 bits per heavy atom. The second-order valence-corrected chi connectivity index (χ2v) is 9.12. The number of guanidine groups is 1. The minimum atomic E-state index is -15.0. The number of nitrogens with two attached hydrogens (primary N) is 2. The van der Waals surface area contributed by atoms with Crippen molar-refractivity contribution in [1.29, 1.82) is 5.41 Å². The number of nitrogens with one attached hydrogen (secondary N) is 1. The second kappa shape index (κ2) is 6.22. The maximum atomic E-state index is 13.4. The summed E-state index contributed by atoms with van der Waals surface area (Å²) in [5.41, 5.74) is -20.3. The fraction of sp³-hybridized carbons (Fsp3) is 0.857. The number of hydrogen-bond donors (Lipinski definition) is 3. The predicted molar refractivity (Wildman–Crippen MR) is 59.4 cm³/mol. The van der Waals surface area contributed by atoms with Crippen LogP contribution in [0.4, 0.5) is 78.4 Å². The van der Waals surface area contributed by atoms with Gasteiger partial charge in [-0.15, -0.1) is 0 Å². The number of halogens is 18. The molecule has 0 aliphatic heterocycles.